The van der Waals surface area contributed by atoms with E-state index in [9.17, 15) is 8.42 Å². The van der Waals surface area contributed by atoms with Crippen LogP contribution in [-0.2, 0) is 15.2 Å². The second-order valence-corrected chi connectivity index (χ2v) is 4.94. The Morgan fingerprint density at radius 3 is 1.59 bits per heavy atom. The van der Waals surface area contributed by atoms with Crippen molar-refractivity contribution in [3.8, 4) is 0 Å². The van der Waals surface area contributed by atoms with E-state index >= 15 is 0 Å². The fourth-order valence-corrected chi connectivity index (χ4v) is 2.01. The van der Waals surface area contributed by atoms with Crippen molar-refractivity contribution in [1.82, 2.24) is 0 Å². The molecule has 0 saturated heterocycles. The molecule has 0 atom stereocenters. The SMILES string of the molecule is CCCCCCCCCCCCO[SH](=O)=O.[LiH]. The van der Waals surface area contributed by atoms with Crippen LogP contribution in [-0.4, -0.2) is 33.9 Å². The molecule has 0 aliphatic rings. The summed E-state index contributed by atoms with van der Waals surface area (Å²) in [5.41, 5.74) is 0. The first-order chi connectivity index (χ1) is 7.77. The summed E-state index contributed by atoms with van der Waals surface area (Å²) < 4.78 is 24.6. The zero-order chi connectivity index (χ0) is 12.1. The van der Waals surface area contributed by atoms with E-state index in [0.717, 1.165) is 12.8 Å². The van der Waals surface area contributed by atoms with Gasteiger partial charge in [0.25, 0.3) is 11.0 Å². The number of unbranched alkanes of at least 4 members (excludes halogenated alkanes) is 9. The van der Waals surface area contributed by atoms with Gasteiger partial charge >= 0.3 is 18.9 Å². The Hall–Kier alpha value is 0.507. The quantitative estimate of drug-likeness (QED) is 0.332. The van der Waals surface area contributed by atoms with Crippen LogP contribution in [0, 0.1) is 0 Å². The molecule has 0 unspecified atom stereocenters. The summed E-state index contributed by atoms with van der Waals surface area (Å²) in [7, 11) is -2.64. The van der Waals surface area contributed by atoms with Crippen LogP contribution >= 0.6 is 0 Å². The molecule has 0 saturated carbocycles. The molecule has 0 bridgehead atoms. The van der Waals surface area contributed by atoms with Crippen LogP contribution in [0.5, 0.6) is 0 Å². The van der Waals surface area contributed by atoms with Gasteiger partial charge in [-0.05, 0) is 6.42 Å². The van der Waals surface area contributed by atoms with E-state index in [1.54, 1.807) is 0 Å². The first-order valence-corrected chi connectivity index (χ1v) is 7.64. The van der Waals surface area contributed by atoms with Crippen LogP contribution < -0.4 is 0 Å². The van der Waals surface area contributed by atoms with Gasteiger partial charge in [0.2, 0.25) is 0 Å². The Morgan fingerprint density at radius 2 is 1.18 bits per heavy atom. The van der Waals surface area contributed by atoms with Gasteiger partial charge in [-0.1, -0.05) is 64.7 Å². The van der Waals surface area contributed by atoms with E-state index in [0.29, 0.717) is 6.61 Å². The maximum absolute atomic E-state index is 10.1. The molecule has 0 spiro atoms. The van der Waals surface area contributed by atoms with Crippen LogP contribution in [0.4, 0.5) is 0 Å². The van der Waals surface area contributed by atoms with Gasteiger partial charge in [-0.15, -0.1) is 0 Å². The summed E-state index contributed by atoms with van der Waals surface area (Å²) in [6.07, 6.45) is 12.5. The molecule has 3 nitrogen and oxygen atoms in total. The van der Waals surface area contributed by atoms with Gasteiger partial charge < -0.3 is 0 Å². The molecule has 0 rings (SSSR count). The minimum atomic E-state index is -2.64. The van der Waals surface area contributed by atoms with E-state index < -0.39 is 11.0 Å². The summed E-state index contributed by atoms with van der Waals surface area (Å²) in [4.78, 5) is 0. The molecule has 0 heterocycles. The van der Waals surface area contributed by atoms with Gasteiger partial charge in [-0.3, -0.25) is 4.18 Å². The number of thiol groups is 1. The van der Waals surface area contributed by atoms with Crippen LogP contribution in [0.1, 0.15) is 71.1 Å². The van der Waals surface area contributed by atoms with Crippen molar-refractivity contribution in [1.29, 1.82) is 0 Å². The Kier molecular flexibility index (Phi) is 19.3. The molecule has 0 aromatic carbocycles. The van der Waals surface area contributed by atoms with E-state index in [2.05, 4.69) is 11.1 Å². The first kappa shape index (κ1) is 19.8. The average Bonchev–Trinajstić information content (AvgIpc) is 2.25. The molecule has 0 amide bonds. The van der Waals surface area contributed by atoms with Crippen LogP contribution in [0.25, 0.3) is 0 Å². The van der Waals surface area contributed by atoms with Gasteiger partial charge in [0.05, 0.1) is 6.61 Å². The summed E-state index contributed by atoms with van der Waals surface area (Å²) in [6.45, 7) is 2.59. The monoisotopic (exact) mass is 258 g/mol. The van der Waals surface area contributed by atoms with E-state index in [4.69, 9.17) is 0 Å². The van der Waals surface area contributed by atoms with Gasteiger partial charge in [-0.2, -0.15) is 0 Å². The molecule has 0 aromatic rings. The Morgan fingerprint density at radius 1 is 0.765 bits per heavy atom. The molecular formula is C12H27LiO3S. The van der Waals surface area contributed by atoms with Gasteiger partial charge in [0, 0.05) is 0 Å². The van der Waals surface area contributed by atoms with Crippen molar-refractivity contribution in [2.45, 2.75) is 71.1 Å². The average molecular weight is 258 g/mol. The molecule has 0 N–H and O–H groups in total. The summed E-state index contributed by atoms with van der Waals surface area (Å²) in [6, 6.07) is 0. The van der Waals surface area contributed by atoms with Crippen molar-refractivity contribution in [2.24, 2.45) is 0 Å². The molecule has 5 heteroatoms. The van der Waals surface area contributed by atoms with Gasteiger partial charge in [-0.25, -0.2) is 8.42 Å². The Balaban J connectivity index is 0. The van der Waals surface area contributed by atoms with Crippen LogP contribution in [0.2, 0.25) is 0 Å². The van der Waals surface area contributed by atoms with Crippen molar-refractivity contribution >= 4 is 29.8 Å². The second-order valence-electron chi connectivity index (χ2n) is 4.24. The molecule has 0 aliphatic heterocycles. The van der Waals surface area contributed by atoms with Gasteiger partial charge in [0.15, 0.2) is 0 Å². The summed E-state index contributed by atoms with van der Waals surface area (Å²) >= 11 is 0. The van der Waals surface area contributed by atoms with Crippen molar-refractivity contribution in [2.75, 3.05) is 6.61 Å². The molecule has 17 heavy (non-hydrogen) atoms. The maximum atomic E-state index is 10.1. The third-order valence-electron chi connectivity index (χ3n) is 2.69. The van der Waals surface area contributed by atoms with Crippen molar-refractivity contribution in [3.63, 3.8) is 0 Å². The number of hydrogen-bond donors (Lipinski definition) is 1. The summed E-state index contributed by atoms with van der Waals surface area (Å²) in [5.74, 6) is 0. The number of hydrogen-bond acceptors (Lipinski definition) is 3. The molecular weight excluding hydrogens is 231 g/mol. The predicted molar refractivity (Wildman–Crippen MR) is 75.3 cm³/mol. The van der Waals surface area contributed by atoms with Crippen molar-refractivity contribution < 1.29 is 12.6 Å². The van der Waals surface area contributed by atoms with Crippen LogP contribution in [0.3, 0.4) is 0 Å². The molecule has 0 aliphatic carbocycles. The third kappa shape index (κ3) is 19.0. The Labute approximate surface area is 120 Å². The van der Waals surface area contributed by atoms with E-state index in [1.165, 1.54) is 51.4 Å². The topological polar surface area (TPSA) is 43.4 Å². The normalized spacial score (nSPS) is 10.5. The number of rotatable bonds is 12. The minimum absolute atomic E-state index is 0. The third-order valence-corrected chi connectivity index (χ3v) is 3.09. The second kappa shape index (κ2) is 16.5. The zero-order valence-electron chi connectivity index (χ0n) is 10.5. The van der Waals surface area contributed by atoms with E-state index in [1.807, 2.05) is 0 Å². The summed E-state index contributed by atoms with van der Waals surface area (Å²) in [5, 5.41) is 0. The molecule has 100 valence electrons. The predicted octanol–water partition coefficient (Wildman–Crippen LogP) is 2.80. The standard InChI is InChI=1S/C12H26O3S.Li.H/c1-2-3-4-5-6-7-8-9-10-11-12-15-16(13)14;;/h16H,2-12H2,1H3;;. The van der Waals surface area contributed by atoms with Crippen LogP contribution in [0.15, 0.2) is 0 Å². The van der Waals surface area contributed by atoms with E-state index in [-0.39, 0.29) is 18.9 Å². The Bertz CT molecular complexity index is 200. The first-order valence-electron chi connectivity index (χ1n) is 6.54. The molecule has 0 fully saturated rings. The fourth-order valence-electron chi connectivity index (χ4n) is 1.73. The van der Waals surface area contributed by atoms with Crippen molar-refractivity contribution in [3.05, 3.63) is 0 Å². The molecule has 0 radical (unpaired) electrons. The fraction of sp³-hybridized carbons (Fsp3) is 1.00. The molecule has 0 aromatic heterocycles. The zero-order valence-corrected chi connectivity index (χ0v) is 11.3. The van der Waals surface area contributed by atoms with Gasteiger partial charge in [0.1, 0.15) is 0 Å².